The molecule has 108 valence electrons. The third-order valence-electron chi connectivity index (χ3n) is 2.51. The van der Waals surface area contributed by atoms with Gasteiger partial charge >= 0.3 is 5.97 Å². The van der Waals surface area contributed by atoms with Gasteiger partial charge in [0.15, 0.2) is 0 Å². The summed E-state index contributed by atoms with van der Waals surface area (Å²) in [6.45, 7) is 8.74. The van der Waals surface area contributed by atoms with Gasteiger partial charge in [0.05, 0.1) is 12.7 Å². The van der Waals surface area contributed by atoms with Gasteiger partial charge in [0, 0.05) is 5.41 Å². The molecule has 1 aromatic carbocycles. The lowest BCUT2D eigenvalue weighted by Crippen LogP contribution is -2.12. The van der Waals surface area contributed by atoms with Crippen LogP contribution >= 0.6 is 0 Å². The van der Waals surface area contributed by atoms with Crippen LogP contribution in [-0.2, 0) is 20.9 Å². The molecule has 0 aliphatic carbocycles. The minimum absolute atomic E-state index is 0.188. The summed E-state index contributed by atoms with van der Waals surface area (Å²) >= 11 is 0. The van der Waals surface area contributed by atoms with Crippen LogP contribution in [0.25, 0.3) is 0 Å². The fraction of sp³-hybridized carbons (Fsp3) is 0.412. The number of esters is 1. The van der Waals surface area contributed by atoms with E-state index in [1.165, 1.54) is 6.08 Å². The van der Waals surface area contributed by atoms with E-state index in [1.807, 2.05) is 58.0 Å². The summed E-state index contributed by atoms with van der Waals surface area (Å²) in [6, 6.07) is 9.56. The van der Waals surface area contributed by atoms with Crippen molar-refractivity contribution in [2.45, 2.75) is 34.3 Å². The van der Waals surface area contributed by atoms with Crippen molar-refractivity contribution in [3.63, 3.8) is 0 Å². The third-order valence-corrected chi connectivity index (χ3v) is 2.51. The summed E-state index contributed by atoms with van der Waals surface area (Å²) in [5, 5.41) is 0. The van der Waals surface area contributed by atoms with Gasteiger partial charge in [-0.05, 0) is 12.5 Å². The van der Waals surface area contributed by atoms with Gasteiger partial charge in [-0.3, -0.25) is 0 Å². The lowest BCUT2D eigenvalue weighted by atomic mass is 9.94. The summed E-state index contributed by atoms with van der Waals surface area (Å²) in [5.74, 6) is 0.229. The number of ether oxygens (including phenoxy) is 2. The largest absolute Gasteiger partial charge is 0.490 e. The van der Waals surface area contributed by atoms with Crippen LogP contribution in [0.1, 0.15) is 33.3 Å². The molecule has 0 heterocycles. The highest BCUT2D eigenvalue weighted by Gasteiger charge is 2.18. The van der Waals surface area contributed by atoms with E-state index < -0.39 is 5.97 Å². The fourth-order valence-electron chi connectivity index (χ4n) is 1.51. The molecule has 0 spiro atoms. The summed E-state index contributed by atoms with van der Waals surface area (Å²) in [5.41, 5.74) is 3.66. The predicted molar refractivity (Wildman–Crippen MR) is 78.9 cm³/mol. The zero-order valence-corrected chi connectivity index (χ0v) is 12.6. The number of hydrogen-bond acceptors (Lipinski definition) is 3. The van der Waals surface area contributed by atoms with Crippen molar-refractivity contribution >= 4 is 5.97 Å². The Morgan fingerprint density at radius 1 is 1.20 bits per heavy atom. The van der Waals surface area contributed by atoms with Gasteiger partial charge in [-0.25, -0.2) is 4.79 Å². The van der Waals surface area contributed by atoms with E-state index in [0.29, 0.717) is 12.4 Å². The molecular formula is C17H22O3. The third kappa shape index (κ3) is 5.77. The monoisotopic (exact) mass is 274 g/mol. The normalized spacial score (nSPS) is 10.4. The van der Waals surface area contributed by atoms with E-state index in [9.17, 15) is 4.79 Å². The minimum atomic E-state index is -0.421. The van der Waals surface area contributed by atoms with Crippen LogP contribution in [0.3, 0.4) is 0 Å². The fourth-order valence-corrected chi connectivity index (χ4v) is 1.51. The van der Waals surface area contributed by atoms with Crippen molar-refractivity contribution in [3.05, 3.63) is 53.5 Å². The number of carbonyl (C=O) groups is 1. The smallest absolute Gasteiger partial charge is 0.339 e. The van der Waals surface area contributed by atoms with Crippen LogP contribution in [0.15, 0.2) is 47.9 Å². The lowest BCUT2D eigenvalue weighted by Gasteiger charge is -2.20. The Hall–Kier alpha value is -1.99. The average molecular weight is 274 g/mol. The Kier molecular flexibility index (Phi) is 6.08. The Morgan fingerprint density at radius 2 is 1.85 bits per heavy atom. The van der Waals surface area contributed by atoms with E-state index in [2.05, 4.69) is 5.73 Å². The van der Waals surface area contributed by atoms with Crippen LogP contribution in [0.5, 0.6) is 0 Å². The first-order chi connectivity index (χ1) is 9.43. The van der Waals surface area contributed by atoms with Gasteiger partial charge in [0.25, 0.3) is 0 Å². The topological polar surface area (TPSA) is 35.5 Å². The van der Waals surface area contributed by atoms with Crippen LogP contribution in [-0.4, -0.2) is 12.6 Å². The highest BCUT2D eigenvalue weighted by atomic mass is 16.5. The van der Waals surface area contributed by atoms with E-state index >= 15 is 0 Å². The summed E-state index contributed by atoms with van der Waals surface area (Å²) < 4.78 is 10.6. The molecule has 20 heavy (non-hydrogen) atoms. The number of benzene rings is 1. The molecule has 0 N–H and O–H groups in total. The van der Waals surface area contributed by atoms with Crippen molar-refractivity contribution < 1.29 is 14.3 Å². The standard InChI is InChI=1S/C17H22O3/c1-5-19-15(17(2,3)4)11-12-16(18)20-13-14-9-7-6-8-10-14/h6-10,12H,5,13H2,1-4H3. The first kappa shape index (κ1) is 16.1. The molecule has 0 saturated heterocycles. The maximum absolute atomic E-state index is 11.6. The van der Waals surface area contributed by atoms with Gasteiger partial charge < -0.3 is 9.47 Å². The minimum Gasteiger partial charge on any atom is -0.490 e. The van der Waals surface area contributed by atoms with Gasteiger partial charge in [0.1, 0.15) is 12.4 Å². The zero-order valence-electron chi connectivity index (χ0n) is 12.6. The molecule has 0 atom stereocenters. The van der Waals surface area contributed by atoms with E-state index in [0.717, 1.165) is 5.56 Å². The molecule has 0 fully saturated rings. The maximum Gasteiger partial charge on any atom is 0.339 e. The summed E-state index contributed by atoms with van der Waals surface area (Å²) in [6.07, 6.45) is 1.29. The SMILES string of the molecule is CCOC(=C=CC(=O)OCc1ccccc1)C(C)(C)C. The maximum atomic E-state index is 11.6. The van der Waals surface area contributed by atoms with Crippen molar-refractivity contribution in [2.24, 2.45) is 5.41 Å². The molecule has 0 aliphatic heterocycles. The number of hydrogen-bond donors (Lipinski definition) is 0. The highest BCUT2D eigenvalue weighted by Crippen LogP contribution is 2.24. The van der Waals surface area contributed by atoms with Crippen molar-refractivity contribution in [1.29, 1.82) is 0 Å². The second-order valence-electron chi connectivity index (χ2n) is 5.39. The Balaban J connectivity index is 2.65. The molecule has 1 rings (SSSR count). The summed E-state index contributed by atoms with van der Waals surface area (Å²) in [4.78, 5) is 11.6. The molecule has 0 aromatic heterocycles. The van der Waals surface area contributed by atoms with E-state index in [1.54, 1.807) is 0 Å². The Labute approximate surface area is 120 Å². The van der Waals surface area contributed by atoms with Crippen molar-refractivity contribution in [3.8, 4) is 0 Å². The molecule has 0 unspecified atom stereocenters. The quantitative estimate of drug-likeness (QED) is 0.354. The highest BCUT2D eigenvalue weighted by molar-refractivity contribution is 5.81. The molecule has 1 aromatic rings. The van der Waals surface area contributed by atoms with Crippen LogP contribution in [0.2, 0.25) is 0 Å². The Bertz CT molecular complexity index is 489. The Morgan fingerprint density at radius 3 is 2.40 bits per heavy atom. The molecular weight excluding hydrogens is 252 g/mol. The van der Waals surface area contributed by atoms with Crippen molar-refractivity contribution in [2.75, 3.05) is 6.61 Å². The second kappa shape index (κ2) is 7.56. The van der Waals surface area contributed by atoms with Gasteiger partial charge in [-0.1, -0.05) is 56.8 Å². The predicted octanol–water partition coefficient (Wildman–Crippen LogP) is 3.85. The first-order valence-corrected chi connectivity index (χ1v) is 6.74. The second-order valence-corrected chi connectivity index (χ2v) is 5.39. The molecule has 0 radical (unpaired) electrons. The molecule has 0 bridgehead atoms. The van der Waals surface area contributed by atoms with Crippen LogP contribution in [0.4, 0.5) is 0 Å². The summed E-state index contributed by atoms with van der Waals surface area (Å²) in [7, 11) is 0. The van der Waals surface area contributed by atoms with Gasteiger partial charge in [-0.2, -0.15) is 0 Å². The molecule has 0 saturated carbocycles. The van der Waals surface area contributed by atoms with E-state index in [-0.39, 0.29) is 12.0 Å². The number of carbonyl (C=O) groups excluding carboxylic acids is 1. The zero-order chi connectivity index (χ0) is 15.0. The number of rotatable bonds is 5. The van der Waals surface area contributed by atoms with Gasteiger partial charge in [-0.15, -0.1) is 0 Å². The van der Waals surface area contributed by atoms with Crippen molar-refractivity contribution in [1.82, 2.24) is 0 Å². The van der Waals surface area contributed by atoms with Gasteiger partial charge in [0.2, 0.25) is 0 Å². The molecule has 0 aliphatic rings. The molecule has 3 nitrogen and oxygen atoms in total. The first-order valence-electron chi connectivity index (χ1n) is 6.74. The van der Waals surface area contributed by atoms with Crippen LogP contribution in [0, 0.1) is 5.41 Å². The molecule has 3 heteroatoms. The van der Waals surface area contributed by atoms with Crippen LogP contribution < -0.4 is 0 Å². The lowest BCUT2D eigenvalue weighted by molar-refractivity contribution is -0.139. The molecule has 0 amide bonds. The van der Waals surface area contributed by atoms with E-state index in [4.69, 9.17) is 9.47 Å². The average Bonchev–Trinajstić information content (AvgIpc) is 2.41.